The molecule has 1 heterocycles. The molecule has 3 N–H and O–H groups in total. The summed E-state index contributed by atoms with van der Waals surface area (Å²) in [6, 6.07) is 11.7. The first-order valence-electron chi connectivity index (χ1n) is 6.01. The fourth-order valence-electron chi connectivity index (χ4n) is 1.61. The lowest BCUT2D eigenvalue weighted by molar-refractivity contribution is 0.306. The van der Waals surface area contributed by atoms with Gasteiger partial charge in [0.05, 0.1) is 0 Å². The van der Waals surface area contributed by atoms with E-state index in [2.05, 4.69) is 10.4 Å². The Kier molecular flexibility index (Phi) is 4.20. The number of pyridine rings is 1. The van der Waals surface area contributed by atoms with Crippen LogP contribution in [0.1, 0.15) is 5.56 Å². The number of anilines is 2. The zero-order chi connectivity index (χ0) is 13.7. The quantitative estimate of drug-likeness (QED) is 0.634. The molecule has 0 bridgehead atoms. The molecule has 0 unspecified atom stereocenters. The van der Waals surface area contributed by atoms with Crippen LogP contribution in [0.4, 0.5) is 11.5 Å². The van der Waals surface area contributed by atoms with Crippen molar-refractivity contribution in [2.45, 2.75) is 6.61 Å². The Hall–Kier alpha value is -2.27. The molecule has 5 heteroatoms. The smallest absolute Gasteiger partial charge is 0.139 e. The molecule has 0 amide bonds. The SMILES string of the molecule is CN(C)c1cccc(OCc2ccc(NN)nc2)c1. The summed E-state index contributed by atoms with van der Waals surface area (Å²) in [5.41, 5.74) is 4.59. The van der Waals surface area contributed by atoms with Crippen LogP contribution in [0.15, 0.2) is 42.6 Å². The molecule has 0 fully saturated rings. The van der Waals surface area contributed by atoms with Crippen LogP contribution in [0.25, 0.3) is 0 Å². The van der Waals surface area contributed by atoms with E-state index in [0.29, 0.717) is 12.4 Å². The zero-order valence-electron chi connectivity index (χ0n) is 11.1. The van der Waals surface area contributed by atoms with Crippen molar-refractivity contribution in [3.8, 4) is 5.75 Å². The number of aromatic nitrogens is 1. The number of nitrogens with one attached hydrogen (secondary N) is 1. The van der Waals surface area contributed by atoms with Crippen molar-refractivity contribution >= 4 is 11.5 Å². The third-order valence-electron chi connectivity index (χ3n) is 2.71. The lowest BCUT2D eigenvalue weighted by Gasteiger charge is -2.14. The second kappa shape index (κ2) is 6.06. The van der Waals surface area contributed by atoms with Crippen molar-refractivity contribution < 1.29 is 4.74 Å². The molecule has 2 aromatic rings. The van der Waals surface area contributed by atoms with Crippen LogP contribution in [0.2, 0.25) is 0 Å². The zero-order valence-corrected chi connectivity index (χ0v) is 11.1. The monoisotopic (exact) mass is 258 g/mol. The maximum atomic E-state index is 5.74. The van der Waals surface area contributed by atoms with Gasteiger partial charge in [-0.2, -0.15) is 0 Å². The molecule has 0 aliphatic heterocycles. The molecule has 0 spiro atoms. The second-order valence-corrected chi connectivity index (χ2v) is 4.38. The van der Waals surface area contributed by atoms with Gasteiger partial charge in [-0.3, -0.25) is 0 Å². The molecule has 0 atom stereocenters. The lowest BCUT2D eigenvalue weighted by atomic mass is 10.2. The predicted octanol–water partition coefficient (Wildman–Crippen LogP) is 2.01. The summed E-state index contributed by atoms with van der Waals surface area (Å²) in [6.45, 7) is 0.481. The number of benzene rings is 1. The van der Waals surface area contributed by atoms with Gasteiger partial charge in [0.1, 0.15) is 18.2 Å². The lowest BCUT2D eigenvalue weighted by Crippen LogP contribution is -2.09. The summed E-state index contributed by atoms with van der Waals surface area (Å²) in [6.07, 6.45) is 1.74. The van der Waals surface area contributed by atoms with Crippen LogP contribution in [0.5, 0.6) is 5.75 Å². The molecule has 1 aromatic heterocycles. The van der Waals surface area contributed by atoms with Gasteiger partial charge in [0.2, 0.25) is 0 Å². The van der Waals surface area contributed by atoms with Crippen molar-refractivity contribution in [2.75, 3.05) is 24.4 Å². The summed E-state index contributed by atoms with van der Waals surface area (Å²) in [5, 5.41) is 0. The molecule has 100 valence electrons. The maximum Gasteiger partial charge on any atom is 0.139 e. The van der Waals surface area contributed by atoms with E-state index in [0.717, 1.165) is 17.0 Å². The molecule has 0 saturated carbocycles. The van der Waals surface area contributed by atoms with E-state index < -0.39 is 0 Å². The number of nitrogens with zero attached hydrogens (tertiary/aromatic N) is 2. The van der Waals surface area contributed by atoms with Gasteiger partial charge in [0.25, 0.3) is 0 Å². The standard InChI is InChI=1S/C14H18N4O/c1-18(2)12-4-3-5-13(8-12)19-10-11-6-7-14(17-15)16-9-11/h3-9H,10,15H2,1-2H3,(H,16,17). The second-order valence-electron chi connectivity index (χ2n) is 4.38. The minimum Gasteiger partial charge on any atom is -0.489 e. The van der Waals surface area contributed by atoms with Crippen LogP contribution >= 0.6 is 0 Å². The maximum absolute atomic E-state index is 5.74. The van der Waals surface area contributed by atoms with E-state index >= 15 is 0 Å². The van der Waals surface area contributed by atoms with E-state index in [1.807, 2.05) is 55.4 Å². The van der Waals surface area contributed by atoms with Crippen molar-refractivity contribution in [2.24, 2.45) is 5.84 Å². The van der Waals surface area contributed by atoms with Gasteiger partial charge in [-0.1, -0.05) is 12.1 Å². The summed E-state index contributed by atoms with van der Waals surface area (Å²) in [4.78, 5) is 6.17. The van der Waals surface area contributed by atoms with E-state index in [9.17, 15) is 0 Å². The van der Waals surface area contributed by atoms with Crippen LogP contribution in [0, 0.1) is 0 Å². The average Bonchev–Trinajstić information content (AvgIpc) is 2.46. The summed E-state index contributed by atoms with van der Waals surface area (Å²) in [5.74, 6) is 6.74. The van der Waals surface area contributed by atoms with E-state index in [-0.39, 0.29) is 0 Å². The third kappa shape index (κ3) is 3.59. The largest absolute Gasteiger partial charge is 0.489 e. The van der Waals surface area contributed by atoms with Gasteiger partial charge in [-0.25, -0.2) is 10.8 Å². The van der Waals surface area contributed by atoms with Crippen molar-refractivity contribution in [1.82, 2.24) is 4.98 Å². The first kappa shape index (κ1) is 13.2. The van der Waals surface area contributed by atoms with Gasteiger partial charge >= 0.3 is 0 Å². The molecule has 0 radical (unpaired) electrons. The Balaban J connectivity index is 1.99. The molecule has 1 aromatic carbocycles. The summed E-state index contributed by atoms with van der Waals surface area (Å²) in [7, 11) is 4.00. The number of rotatable bonds is 5. The molecule has 19 heavy (non-hydrogen) atoms. The average molecular weight is 258 g/mol. The normalized spacial score (nSPS) is 10.1. The number of nitrogen functional groups attached to an aromatic ring is 1. The molecule has 2 rings (SSSR count). The number of nitrogens with two attached hydrogens (primary N) is 1. The number of hydrogen-bond donors (Lipinski definition) is 2. The van der Waals surface area contributed by atoms with Crippen molar-refractivity contribution in [1.29, 1.82) is 0 Å². The van der Waals surface area contributed by atoms with Gasteiger partial charge in [-0.15, -0.1) is 0 Å². The Morgan fingerprint density at radius 3 is 2.74 bits per heavy atom. The van der Waals surface area contributed by atoms with E-state index in [1.165, 1.54) is 0 Å². The van der Waals surface area contributed by atoms with Gasteiger partial charge < -0.3 is 15.1 Å². The summed E-state index contributed by atoms with van der Waals surface area (Å²) >= 11 is 0. The third-order valence-corrected chi connectivity index (χ3v) is 2.71. The Labute approximate surface area is 113 Å². The van der Waals surface area contributed by atoms with E-state index in [1.54, 1.807) is 6.20 Å². The highest BCUT2D eigenvalue weighted by molar-refractivity contribution is 5.49. The van der Waals surface area contributed by atoms with Crippen LogP contribution in [-0.2, 0) is 6.61 Å². The van der Waals surface area contributed by atoms with Gasteiger partial charge in [0.15, 0.2) is 0 Å². The topological polar surface area (TPSA) is 63.4 Å². The molecule has 5 nitrogen and oxygen atoms in total. The van der Waals surface area contributed by atoms with Crippen molar-refractivity contribution in [3.63, 3.8) is 0 Å². The number of ether oxygens (including phenoxy) is 1. The number of hydrogen-bond acceptors (Lipinski definition) is 5. The fourth-order valence-corrected chi connectivity index (χ4v) is 1.61. The fraction of sp³-hybridized carbons (Fsp3) is 0.214. The molecular formula is C14H18N4O. The Bertz CT molecular complexity index is 525. The van der Waals surface area contributed by atoms with Crippen molar-refractivity contribution in [3.05, 3.63) is 48.2 Å². The highest BCUT2D eigenvalue weighted by Crippen LogP contribution is 2.20. The molecular weight excluding hydrogens is 240 g/mol. The summed E-state index contributed by atoms with van der Waals surface area (Å²) < 4.78 is 5.74. The highest BCUT2D eigenvalue weighted by Gasteiger charge is 2.00. The predicted molar refractivity (Wildman–Crippen MR) is 77.1 cm³/mol. The highest BCUT2D eigenvalue weighted by atomic mass is 16.5. The van der Waals surface area contributed by atoms with Crippen LogP contribution in [-0.4, -0.2) is 19.1 Å². The van der Waals surface area contributed by atoms with E-state index in [4.69, 9.17) is 10.6 Å². The minimum absolute atomic E-state index is 0.481. The van der Waals surface area contributed by atoms with Gasteiger partial charge in [-0.05, 0) is 18.2 Å². The first-order chi connectivity index (χ1) is 9.19. The Morgan fingerprint density at radius 2 is 2.11 bits per heavy atom. The molecule has 0 saturated heterocycles. The van der Waals surface area contributed by atoms with Crippen LogP contribution in [0.3, 0.4) is 0 Å². The Morgan fingerprint density at radius 1 is 1.26 bits per heavy atom. The van der Waals surface area contributed by atoms with Gasteiger partial charge in [0, 0.05) is 37.6 Å². The molecule has 0 aliphatic carbocycles. The first-order valence-corrected chi connectivity index (χ1v) is 6.01. The molecule has 0 aliphatic rings. The van der Waals surface area contributed by atoms with Crippen LogP contribution < -0.4 is 20.9 Å². The minimum atomic E-state index is 0.481. The number of hydrazine groups is 1.